The van der Waals surface area contributed by atoms with Crippen molar-refractivity contribution < 1.29 is 0 Å². The first kappa shape index (κ1) is 12.8. The summed E-state index contributed by atoms with van der Waals surface area (Å²) >= 11 is 9.44. The summed E-state index contributed by atoms with van der Waals surface area (Å²) in [7, 11) is -0.0358. The van der Waals surface area contributed by atoms with Crippen LogP contribution in [-0.2, 0) is 0 Å². The molecule has 0 aromatic rings. The second-order valence-electron chi connectivity index (χ2n) is 2.98. The predicted molar refractivity (Wildman–Crippen MR) is 70.1 cm³/mol. The first-order valence-electron chi connectivity index (χ1n) is 4.70. The molecule has 0 radical (unpaired) electrons. The van der Waals surface area contributed by atoms with Crippen molar-refractivity contribution >= 4 is 39.3 Å². The summed E-state index contributed by atoms with van der Waals surface area (Å²) in [5, 5.41) is 0. The maximum Gasteiger partial charge on any atom is 0.0811 e. The average molecular weight is 224 g/mol. The molecule has 0 amide bonds. The molecule has 0 saturated carbocycles. The molecule has 0 aliphatic carbocycles. The Morgan fingerprint density at radius 2 is 1.58 bits per heavy atom. The van der Waals surface area contributed by atoms with Crippen LogP contribution in [0.25, 0.3) is 0 Å². The van der Waals surface area contributed by atoms with Crippen LogP contribution >= 0.6 is 35.7 Å². The van der Waals surface area contributed by atoms with Crippen LogP contribution in [0.4, 0.5) is 0 Å². The van der Waals surface area contributed by atoms with Crippen molar-refractivity contribution in [2.75, 3.05) is 11.5 Å². The van der Waals surface area contributed by atoms with E-state index in [-0.39, 0.29) is 10.9 Å². The van der Waals surface area contributed by atoms with E-state index in [0.717, 1.165) is 3.53 Å². The number of hydrogen-bond acceptors (Lipinski definition) is 1. The lowest BCUT2D eigenvalue weighted by Crippen LogP contribution is -1.99. The average Bonchev–Trinajstić information content (AvgIpc) is 2.04. The molecule has 0 atom stereocenters. The Morgan fingerprint density at radius 3 is 1.83 bits per heavy atom. The molecule has 3 heteroatoms. The standard InChI is InChI=1S/C9H20S3/c1-3-5-7-12(9(10)11)8-6-4-2/h12H,3-8H2,1-2H3,(H,10,11). The van der Waals surface area contributed by atoms with Gasteiger partial charge in [0.15, 0.2) is 0 Å². The van der Waals surface area contributed by atoms with Crippen molar-refractivity contribution in [3.8, 4) is 0 Å². The van der Waals surface area contributed by atoms with Crippen molar-refractivity contribution in [3.63, 3.8) is 0 Å². The molecule has 0 unspecified atom stereocenters. The topological polar surface area (TPSA) is 0 Å². The number of unbranched alkanes of at least 4 members (excludes halogenated alkanes) is 2. The molecule has 0 aliphatic heterocycles. The second-order valence-corrected chi connectivity index (χ2v) is 7.21. The van der Waals surface area contributed by atoms with Crippen molar-refractivity contribution in [2.24, 2.45) is 0 Å². The number of thiol groups is 2. The Morgan fingerprint density at radius 1 is 1.17 bits per heavy atom. The quantitative estimate of drug-likeness (QED) is 0.511. The van der Waals surface area contributed by atoms with E-state index in [1.54, 1.807) is 0 Å². The van der Waals surface area contributed by atoms with Crippen LogP contribution in [0.3, 0.4) is 0 Å². The normalized spacial score (nSPS) is 11.4. The summed E-state index contributed by atoms with van der Waals surface area (Å²) in [5.74, 6) is 2.60. The van der Waals surface area contributed by atoms with Crippen LogP contribution in [0.2, 0.25) is 0 Å². The largest absolute Gasteiger partial charge is 0.211 e. The van der Waals surface area contributed by atoms with Crippen molar-refractivity contribution in [2.45, 2.75) is 39.5 Å². The fourth-order valence-corrected chi connectivity index (χ4v) is 4.15. The number of hydrogen-bond donors (Lipinski definition) is 2. The number of rotatable bonds is 6. The maximum absolute atomic E-state index is 5.14. The van der Waals surface area contributed by atoms with E-state index >= 15 is 0 Å². The van der Waals surface area contributed by atoms with E-state index in [4.69, 9.17) is 12.2 Å². The highest BCUT2D eigenvalue weighted by atomic mass is 32.3. The van der Waals surface area contributed by atoms with Gasteiger partial charge in [0.25, 0.3) is 0 Å². The number of thiocarbonyl (C=S) groups is 1. The molecule has 0 aliphatic rings. The van der Waals surface area contributed by atoms with Crippen LogP contribution in [0.5, 0.6) is 0 Å². The zero-order valence-electron chi connectivity index (χ0n) is 8.05. The predicted octanol–water partition coefficient (Wildman–Crippen LogP) is 3.80. The van der Waals surface area contributed by atoms with Gasteiger partial charge in [0, 0.05) is 0 Å². The second kappa shape index (κ2) is 8.39. The van der Waals surface area contributed by atoms with E-state index in [0.29, 0.717) is 0 Å². The van der Waals surface area contributed by atoms with Gasteiger partial charge in [-0.15, -0.1) is 12.6 Å². The van der Waals surface area contributed by atoms with Crippen LogP contribution in [-0.4, -0.2) is 15.0 Å². The Labute approximate surface area is 90.3 Å². The molecule has 12 heavy (non-hydrogen) atoms. The zero-order chi connectivity index (χ0) is 9.40. The molecule has 0 rings (SSSR count). The SMILES string of the molecule is CCCC[SH](CCCC)C(=S)S. The molecule has 0 aromatic heterocycles. The third-order valence-corrected chi connectivity index (χ3v) is 5.71. The lowest BCUT2D eigenvalue weighted by Gasteiger charge is -2.18. The van der Waals surface area contributed by atoms with Crippen LogP contribution in [0.1, 0.15) is 39.5 Å². The Bertz CT molecular complexity index is 115. The third-order valence-electron chi connectivity index (χ3n) is 1.83. The Kier molecular flexibility index (Phi) is 8.94. The first-order chi connectivity index (χ1) is 5.72. The molecular weight excluding hydrogens is 204 g/mol. The summed E-state index contributed by atoms with van der Waals surface area (Å²) in [4.78, 5) is 0. The smallest absolute Gasteiger partial charge is 0.0811 e. The Balaban J connectivity index is 3.62. The van der Waals surface area contributed by atoms with E-state index in [1.165, 1.54) is 37.2 Å². The van der Waals surface area contributed by atoms with E-state index < -0.39 is 0 Å². The van der Waals surface area contributed by atoms with E-state index in [9.17, 15) is 0 Å². The molecule has 0 heterocycles. The molecule has 0 nitrogen and oxygen atoms in total. The summed E-state index contributed by atoms with van der Waals surface area (Å²) in [5.41, 5.74) is 0. The van der Waals surface area contributed by atoms with E-state index in [1.807, 2.05) is 0 Å². The van der Waals surface area contributed by atoms with E-state index in [2.05, 4.69) is 26.5 Å². The molecule has 0 fully saturated rings. The molecule has 0 N–H and O–H groups in total. The monoisotopic (exact) mass is 224 g/mol. The molecule has 74 valence electrons. The highest BCUT2D eigenvalue weighted by molar-refractivity contribution is 8.50. The summed E-state index contributed by atoms with van der Waals surface area (Å²) in [6.45, 7) is 4.46. The lowest BCUT2D eigenvalue weighted by atomic mass is 10.4. The molecule has 0 spiro atoms. The van der Waals surface area contributed by atoms with Gasteiger partial charge in [0.2, 0.25) is 0 Å². The first-order valence-corrected chi connectivity index (χ1v) is 7.27. The van der Waals surface area contributed by atoms with Crippen LogP contribution in [0, 0.1) is 0 Å². The van der Waals surface area contributed by atoms with Gasteiger partial charge in [-0.2, -0.15) is 0 Å². The van der Waals surface area contributed by atoms with Crippen molar-refractivity contribution in [1.29, 1.82) is 0 Å². The van der Waals surface area contributed by atoms with Crippen LogP contribution < -0.4 is 0 Å². The summed E-state index contributed by atoms with van der Waals surface area (Å²) in [6, 6.07) is 0. The molecule has 0 bridgehead atoms. The van der Waals surface area contributed by atoms with Gasteiger partial charge in [-0.1, -0.05) is 38.9 Å². The van der Waals surface area contributed by atoms with Gasteiger partial charge in [0.05, 0.1) is 3.53 Å². The minimum Gasteiger partial charge on any atom is -0.211 e. The van der Waals surface area contributed by atoms with Gasteiger partial charge in [-0.3, -0.25) is 0 Å². The van der Waals surface area contributed by atoms with Crippen molar-refractivity contribution in [1.82, 2.24) is 0 Å². The van der Waals surface area contributed by atoms with Gasteiger partial charge in [0.1, 0.15) is 0 Å². The Hall–Kier alpha value is 0.790. The summed E-state index contributed by atoms with van der Waals surface area (Å²) < 4.78 is 0.979. The fourth-order valence-electron chi connectivity index (χ4n) is 1.00. The van der Waals surface area contributed by atoms with Gasteiger partial charge >= 0.3 is 0 Å². The van der Waals surface area contributed by atoms with Gasteiger partial charge < -0.3 is 0 Å². The zero-order valence-corrected chi connectivity index (χ0v) is 10.7. The molecular formula is C9H20S3. The highest BCUT2D eigenvalue weighted by Gasteiger charge is 2.04. The van der Waals surface area contributed by atoms with Crippen molar-refractivity contribution in [3.05, 3.63) is 0 Å². The minimum atomic E-state index is -0.0358. The summed E-state index contributed by atoms with van der Waals surface area (Å²) in [6.07, 6.45) is 5.19. The minimum absolute atomic E-state index is 0.0358. The van der Waals surface area contributed by atoms with Crippen LogP contribution in [0.15, 0.2) is 0 Å². The van der Waals surface area contributed by atoms with Gasteiger partial charge in [-0.25, -0.2) is 10.9 Å². The maximum atomic E-state index is 5.14. The molecule has 0 aromatic carbocycles. The molecule has 0 saturated heterocycles. The highest BCUT2D eigenvalue weighted by Crippen LogP contribution is 2.31. The lowest BCUT2D eigenvalue weighted by molar-refractivity contribution is 0.877. The van der Waals surface area contributed by atoms with Gasteiger partial charge in [-0.05, 0) is 24.3 Å². The third kappa shape index (κ3) is 6.32. The fraction of sp³-hybridized carbons (Fsp3) is 0.889.